The number of benzene rings is 1. The molecule has 0 radical (unpaired) electrons. The topological polar surface area (TPSA) is 62.7 Å². The summed E-state index contributed by atoms with van der Waals surface area (Å²) >= 11 is 1.70. The molecule has 2 amide bonds. The third kappa shape index (κ3) is 2.37. The SMILES string of the molecule is O=C(CCCc1nc2ccccc2s1)N1CC[C@@]23OCCN2C(=O)C[C@@H]13. The lowest BCUT2D eigenvalue weighted by Gasteiger charge is -2.31. The summed E-state index contributed by atoms with van der Waals surface area (Å²) in [6.07, 6.45) is 3.25. The zero-order chi connectivity index (χ0) is 17.7. The van der Waals surface area contributed by atoms with Gasteiger partial charge in [0, 0.05) is 25.9 Å². The third-order valence-electron chi connectivity index (χ3n) is 5.84. The van der Waals surface area contributed by atoms with Crippen molar-refractivity contribution in [1.29, 1.82) is 0 Å². The van der Waals surface area contributed by atoms with Crippen molar-refractivity contribution < 1.29 is 14.3 Å². The first-order valence-corrected chi connectivity index (χ1v) is 10.1. The second-order valence-electron chi connectivity index (χ2n) is 7.22. The lowest BCUT2D eigenvalue weighted by atomic mass is 10.1. The molecule has 1 aromatic heterocycles. The molecule has 0 N–H and O–H groups in total. The van der Waals surface area contributed by atoms with Crippen molar-refractivity contribution in [2.75, 3.05) is 19.7 Å². The van der Waals surface area contributed by atoms with E-state index in [2.05, 4.69) is 11.1 Å². The molecule has 0 aliphatic carbocycles. The first-order valence-electron chi connectivity index (χ1n) is 9.26. The van der Waals surface area contributed by atoms with Gasteiger partial charge in [0.25, 0.3) is 0 Å². The quantitative estimate of drug-likeness (QED) is 0.826. The zero-order valence-corrected chi connectivity index (χ0v) is 15.3. The first kappa shape index (κ1) is 16.2. The second-order valence-corrected chi connectivity index (χ2v) is 8.34. The monoisotopic (exact) mass is 371 g/mol. The van der Waals surface area contributed by atoms with E-state index in [9.17, 15) is 9.59 Å². The van der Waals surface area contributed by atoms with Gasteiger partial charge in [-0.15, -0.1) is 11.3 Å². The van der Waals surface area contributed by atoms with Crippen LogP contribution in [0.1, 0.15) is 30.7 Å². The predicted octanol–water partition coefficient (Wildman–Crippen LogP) is 2.18. The normalized spacial score (nSPS) is 27.4. The Bertz CT molecular complexity index is 849. The third-order valence-corrected chi connectivity index (χ3v) is 6.94. The number of carbonyl (C=O) groups excluding carboxylic acids is 2. The Morgan fingerprint density at radius 1 is 1.35 bits per heavy atom. The number of likely N-dealkylation sites (tertiary alicyclic amines) is 1. The molecule has 6 nitrogen and oxygen atoms in total. The van der Waals surface area contributed by atoms with Crippen molar-refractivity contribution in [3.05, 3.63) is 29.3 Å². The molecule has 2 aromatic rings. The van der Waals surface area contributed by atoms with Gasteiger partial charge in [0.2, 0.25) is 11.8 Å². The van der Waals surface area contributed by atoms with Crippen LogP contribution in [0.4, 0.5) is 0 Å². The highest BCUT2D eigenvalue weighted by molar-refractivity contribution is 7.18. The minimum Gasteiger partial charge on any atom is -0.351 e. The number of thiazole rings is 1. The summed E-state index contributed by atoms with van der Waals surface area (Å²) in [5.74, 6) is 0.262. The van der Waals surface area contributed by atoms with Crippen LogP contribution in [0.15, 0.2) is 24.3 Å². The molecule has 4 heterocycles. The van der Waals surface area contributed by atoms with Crippen molar-refractivity contribution >= 4 is 33.4 Å². The van der Waals surface area contributed by atoms with Crippen LogP contribution in [0.5, 0.6) is 0 Å². The smallest absolute Gasteiger partial charge is 0.227 e. The largest absolute Gasteiger partial charge is 0.351 e. The lowest BCUT2D eigenvalue weighted by Crippen LogP contribution is -2.48. The number of amides is 2. The maximum atomic E-state index is 12.8. The van der Waals surface area contributed by atoms with Crippen LogP contribution in [0.3, 0.4) is 0 Å². The van der Waals surface area contributed by atoms with Gasteiger partial charge in [0.1, 0.15) is 0 Å². The van der Waals surface area contributed by atoms with Crippen molar-refractivity contribution in [3.8, 4) is 0 Å². The Kier molecular flexibility index (Phi) is 3.76. The Morgan fingerprint density at radius 3 is 3.12 bits per heavy atom. The van der Waals surface area contributed by atoms with Gasteiger partial charge in [-0.25, -0.2) is 4.98 Å². The van der Waals surface area contributed by atoms with E-state index in [1.165, 1.54) is 4.70 Å². The van der Waals surface area contributed by atoms with E-state index < -0.39 is 5.72 Å². The van der Waals surface area contributed by atoms with Crippen LogP contribution in [-0.2, 0) is 20.7 Å². The molecule has 5 rings (SSSR count). The minimum atomic E-state index is -0.528. The van der Waals surface area contributed by atoms with E-state index in [0.29, 0.717) is 32.5 Å². The number of rotatable bonds is 4. The van der Waals surface area contributed by atoms with Gasteiger partial charge in [0.15, 0.2) is 5.72 Å². The van der Waals surface area contributed by atoms with Crippen molar-refractivity contribution in [1.82, 2.24) is 14.8 Å². The number of aromatic nitrogens is 1. The number of carbonyl (C=O) groups is 2. The predicted molar refractivity (Wildman–Crippen MR) is 97.7 cm³/mol. The van der Waals surface area contributed by atoms with Crippen LogP contribution in [0.25, 0.3) is 10.2 Å². The first-order chi connectivity index (χ1) is 12.7. The number of nitrogens with zero attached hydrogens (tertiary/aromatic N) is 3. The molecule has 3 aliphatic heterocycles. The molecule has 7 heteroatoms. The molecule has 3 saturated heterocycles. The number of hydrogen-bond donors (Lipinski definition) is 0. The number of para-hydroxylation sites is 1. The molecule has 0 unspecified atom stereocenters. The summed E-state index contributed by atoms with van der Waals surface area (Å²) in [6.45, 7) is 1.94. The summed E-state index contributed by atoms with van der Waals surface area (Å²) in [6, 6.07) is 8.02. The second kappa shape index (κ2) is 6.03. The molecule has 136 valence electrons. The maximum Gasteiger partial charge on any atom is 0.227 e. The van der Waals surface area contributed by atoms with E-state index in [1.807, 2.05) is 28.0 Å². The van der Waals surface area contributed by atoms with Crippen LogP contribution in [-0.4, -0.2) is 58.1 Å². The molecule has 26 heavy (non-hydrogen) atoms. The number of fused-ring (bicyclic) bond motifs is 1. The Hall–Kier alpha value is -1.99. The van der Waals surface area contributed by atoms with Crippen LogP contribution in [0.2, 0.25) is 0 Å². The van der Waals surface area contributed by atoms with Crippen molar-refractivity contribution in [2.24, 2.45) is 0 Å². The highest BCUT2D eigenvalue weighted by Gasteiger charge is 2.62. The minimum absolute atomic E-state index is 0.104. The zero-order valence-electron chi connectivity index (χ0n) is 14.5. The van der Waals surface area contributed by atoms with Gasteiger partial charge in [-0.05, 0) is 25.0 Å². The fourth-order valence-corrected chi connectivity index (χ4v) is 5.66. The molecule has 0 saturated carbocycles. The van der Waals surface area contributed by atoms with Gasteiger partial charge < -0.3 is 14.5 Å². The number of hydrogen-bond acceptors (Lipinski definition) is 5. The molecule has 1 spiro atoms. The van der Waals surface area contributed by atoms with E-state index in [-0.39, 0.29) is 17.9 Å². The summed E-state index contributed by atoms with van der Waals surface area (Å²) in [7, 11) is 0. The summed E-state index contributed by atoms with van der Waals surface area (Å²) in [5, 5.41) is 1.08. The molecule has 2 atom stereocenters. The van der Waals surface area contributed by atoms with Crippen LogP contribution < -0.4 is 0 Å². The van der Waals surface area contributed by atoms with E-state index in [0.717, 1.165) is 29.8 Å². The van der Waals surface area contributed by atoms with Gasteiger partial charge in [0.05, 0.1) is 34.3 Å². The average Bonchev–Trinajstić information content (AvgIpc) is 3.36. The van der Waals surface area contributed by atoms with Gasteiger partial charge in [-0.3, -0.25) is 9.59 Å². The number of aryl methyl sites for hydroxylation is 1. The molecular weight excluding hydrogens is 350 g/mol. The molecule has 1 aromatic carbocycles. The molecule has 0 bridgehead atoms. The molecule has 3 aliphatic rings. The van der Waals surface area contributed by atoms with Gasteiger partial charge in [-0.1, -0.05) is 12.1 Å². The highest BCUT2D eigenvalue weighted by atomic mass is 32.1. The van der Waals surface area contributed by atoms with Crippen LogP contribution >= 0.6 is 11.3 Å². The Morgan fingerprint density at radius 2 is 2.23 bits per heavy atom. The van der Waals surface area contributed by atoms with E-state index >= 15 is 0 Å². The summed E-state index contributed by atoms with van der Waals surface area (Å²) in [4.78, 5) is 33.4. The fourth-order valence-electron chi connectivity index (χ4n) is 4.65. The molecular formula is C19H21N3O3S. The number of ether oxygens (including phenoxy) is 1. The van der Waals surface area contributed by atoms with Crippen molar-refractivity contribution in [2.45, 2.75) is 43.9 Å². The Balaban J connectivity index is 1.22. The van der Waals surface area contributed by atoms with Gasteiger partial charge >= 0.3 is 0 Å². The van der Waals surface area contributed by atoms with Gasteiger partial charge in [-0.2, -0.15) is 0 Å². The Labute approximate surface area is 155 Å². The highest BCUT2D eigenvalue weighted by Crippen LogP contribution is 2.45. The fraction of sp³-hybridized carbons (Fsp3) is 0.526. The lowest BCUT2D eigenvalue weighted by molar-refractivity contribution is -0.139. The van der Waals surface area contributed by atoms with E-state index in [1.54, 1.807) is 11.3 Å². The summed E-state index contributed by atoms with van der Waals surface area (Å²) in [5.41, 5.74) is 0.503. The van der Waals surface area contributed by atoms with E-state index in [4.69, 9.17) is 4.74 Å². The van der Waals surface area contributed by atoms with Crippen molar-refractivity contribution in [3.63, 3.8) is 0 Å². The van der Waals surface area contributed by atoms with Crippen LogP contribution in [0, 0.1) is 0 Å². The summed E-state index contributed by atoms with van der Waals surface area (Å²) < 4.78 is 7.14. The maximum absolute atomic E-state index is 12.8. The standard InChI is InChI=1S/C19H21N3O3S/c23-17(7-3-6-16-20-13-4-1-2-5-14(13)26-16)21-9-8-19-15(21)12-18(24)22(19)10-11-25-19/h1-2,4-5,15H,3,6-12H2/t15-,19+/m1/s1. The molecule has 3 fully saturated rings. The average molecular weight is 371 g/mol.